The number of nitrogens with zero attached hydrogens (tertiary/aromatic N) is 3. The van der Waals surface area contributed by atoms with Gasteiger partial charge >= 0.3 is 0 Å². The molecule has 0 aliphatic rings. The third-order valence-corrected chi connectivity index (χ3v) is 5.27. The van der Waals surface area contributed by atoms with Gasteiger partial charge in [0.05, 0.1) is 22.4 Å². The summed E-state index contributed by atoms with van der Waals surface area (Å²) in [4.78, 5) is 25.6. The van der Waals surface area contributed by atoms with Gasteiger partial charge in [0.15, 0.2) is 9.84 Å². The van der Waals surface area contributed by atoms with E-state index in [9.17, 15) is 18.0 Å². The number of Topliss-reactive ketones (excluding diaryl/α,β-unsaturated/α-hetero) is 1. The normalized spacial score (nSPS) is 11.2. The van der Waals surface area contributed by atoms with E-state index in [2.05, 4.69) is 5.10 Å². The van der Waals surface area contributed by atoms with E-state index in [-0.39, 0.29) is 22.8 Å². The number of aromatic nitrogens is 2. The number of rotatable bonds is 7. The number of benzene rings is 1. The Balaban J connectivity index is 2.00. The Labute approximate surface area is 140 Å². The van der Waals surface area contributed by atoms with E-state index in [1.165, 1.54) is 31.6 Å². The molecule has 0 saturated heterocycles. The summed E-state index contributed by atoms with van der Waals surface area (Å²) in [5, 5.41) is 3.95. The van der Waals surface area contributed by atoms with Crippen LogP contribution in [0.5, 0.6) is 0 Å². The van der Waals surface area contributed by atoms with E-state index in [1.54, 1.807) is 22.9 Å². The first kappa shape index (κ1) is 17.9. The van der Waals surface area contributed by atoms with Crippen LogP contribution in [-0.4, -0.2) is 54.1 Å². The van der Waals surface area contributed by atoms with E-state index in [0.717, 1.165) is 4.90 Å². The molecule has 1 aromatic carbocycles. The van der Waals surface area contributed by atoms with E-state index < -0.39 is 21.5 Å². The zero-order valence-electron chi connectivity index (χ0n) is 13.5. The summed E-state index contributed by atoms with van der Waals surface area (Å²) in [6.45, 7) is 2.39. The maximum atomic E-state index is 12.2. The van der Waals surface area contributed by atoms with Crippen LogP contribution < -0.4 is 0 Å². The molecule has 8 heteroatoms. The Hall–Kier alpha value is -2.48. The van der Waals surface area contributed by atoms with Gasteiger partial charge in [0.2, 0.25) is 0 Å². The van der Waals surface area contributed by atoms with Gasteiger partial charge in [-0.1, -0.05) is 18.2 Å². The molecular weight excluding hydrogens is 330 g/mol. The molecule has 0 saturated carbocycles. The van der Waals surface area contributed by atoms with Crippen molar-refractivity contribution in [3.05, 3.63) is 48.3 Å². The molecule has 0 aliphatic heterocycles. The Morgan fingerprint density at radius 3 is 2.46 bits per heavy atom. The highest BCUT2D eigenvalue weighted by atomic mass is 32.2. The van der Waals surface area contributed by atoms with Crippen molar-refractivity contribution in [3.63, 3.8) is 0 Å². The fraction of sp³-hybridized carbons (Fsp3) is 0.312. The van der Waals surface area contributed by atoms with Crippen LogP contribution in [0.4, 0.5) is 0 Å². The average Bonchev–Trinajstić information content (AvgIpc) is 3.08. The second-order valence-corrected chi connectivity index (χ2v) is 7.38. The lowest BCUT2D eigenvalue weighted by Crippen LogP contribution is -2.36. The summed E-state index contributed by atoms with van der Waals surface area (Å²) in [6.07, 6.45) is 2.83. The van der Waals surface area contributed by atoms with Gasteiger partial charge in [0.1, 0.15) is 0 Å². The lowest BCUT2D eigenvalue weighted by Gasteiger charge is -2.15. The Morgan fingerprint density at radius 2 is 1.88 bits per heavy atom. The van der Waals surface area contributed by atoms with E-state index in [4.69, 9.17) is 0 Å². The van der Waals surface area contributed by atoms with Crippen LogP contribution in [0, 0.1) is 0 Å². The lowest BCUT2D eigenvalue weighted by molar-refractivity contribution is -0.125. The first-order valence-corrected chi connectivity index (χ1v) is 9.10. The fourth-order valence-corrected chi connectivity index (χ4v) is 3.38. The molecule has 0 aliphatic carbocycles. The number of carbonyl (C=O) groups excluding carboxylic acids is 2. The van der Waals surface area contributed by atoms with Crippen molar-refractivity contribution in [1.29, 1.82) is 0 Å². The van der Waals surface area contributed by atoms with Gasteiger partial charge in [0.25, 0.3) is 11.7 Å². The molecule has 0 atom stereocenters. The molecule has 2 rings (SSSR count). The minimum atomic E-state index is -3.50. The molecule has 0 unspecified atom stereocenters. The van der Waals surface area contributed by atoms with Gasteiger partial charge in [-0.25, -0.2) is 8.42 Å². The first-order chi connectivity index (χ1) is 11.3. The zero-order chi connectivity index (χ0) is 17.7. The standard InChI is InChI=1S/C16H19N3O4S/c1-3-19-12-13(11-17-19)15(20)16(21)18(2)9-10-24(22,23)14-7-5-4-6-8-14/h4-8,11-12H,3,9-10H2,1-2H3. The molecule has 0 bridgehead atoms. The molecule has 1 heterocycles. The van der Waals surface area contributed by atoms with Crippen LogP contribution in [0.2, 0.25) is 0 Å². The number of sulfone groups is 1. The van der Waals surface area contributed by atoms with Crippen molar-refractivity contribution in [2.24, 2.45) is 0 Å². The second kappa shape index (κ2) is 7.39. The van der Waals surface area contributed by atoms with Crippen LogP contribution >= 0.6 is 0 Å². The van der Waals surface area contributed by atoms with Crippen LogP contribution in [0.15, 0.2) is 47.6 Å². The van der Waals surface area contributed by atoms with Crippen molar-refractivity contribution in [2.45, 2.75) is 18.4 Å². The highest BCUT2D eigenvalue weighted by Gasteiger charge is 2.23. The van der Waals surface area contributed by atoms with Gasteiger partial charge < -0.3 is 4.90 Å². The molecule has 24 heavy (non-hydrogen) atoms. The number of amides is 1. The lowest BCUT2D eigenvalue weighted by atomic mass is 10.2. The maximum Gasteiger partial charge on any atom is 0.294 e. The molecule has 0 fully saturated rings. The van der Waals surface area contributed by atoms with Crippen LogP contribution in [0.25, 0.3) is 0 Å². The van der Waals surface area contributed by atoms with Gasteiger partial charge in [-0.3, -0.25) is 14.3 Å². The van der Waals surface area contributed by atoms with Crippen LogP contribution in [0.3, 0.4) is 0 Å². The van der Waals surface area contributed by atoms with Crippen molar-refractivity contribution in [3.8, 4) is 0 Å². The monoisotopic (exact) mass is 349 g/mol. The molecule has 0 spiro atoms. The molecule has 1 amide bonds. The minimum absolute atomic E-state index is 0.0658. The molecule has 128 valence electrons. The van der Waals surface area contributed by atoms with Crippen molar-refractivity contribution < 1.29 is 18.0 Å². The van der Waals surface area contributed by atoms with E-state index in [1.807, 2.05) is 6.92 Å². The summed E-state index contributed by atoms with van der Waals surface area (Å²) in [5.41, 5.74) is 0.194. The number of likely N-dealkylation sites (N-methyl/N-ethyl adjacent to an activating group) is 1. The van der Waals surface area contributed by atoms with Gasteiger partial charge in [-0.05, 0) is 19.1 Å². The quantitative estimate of drug-likeness (QED) is 0.550. The Bertz CT molecular complexity index is 828. The van der Waals surface area contributed by atoms with Gasteiger partial charge in [-0.2, -0.15) is 5.10 Å². The summed E-state index contributed by atoms with van der Waals surface area (Å²) < 4.78 is 26.0. The summed E-state index contributed by atoms with van der Waals surface area (Å²) in [5.74, 6) is -1.70. The van der Waals surface area contributed by atoms with E-state index >= 15 is 0 Å². The SMILES string of the molecule is CCn1cc(C(=O)C(=O)N(C)CCS(=O)(=O)c2ccccc2)cn1. The maximum absolute atomic E-state index is 12.2. The highest BCUT2D eigenvalue weighted by Crippen LogP contribution is 2.10. The van der Waals surface area contributed by atoms with Crippen LogP contribution in [-0.2, 0) is 21.2 Å². The van der Waals surface area contributed by atoms with Gasteiger partial charge in [-0.15, -0.1) is 0 Å². The largest absolute Gasteiger partial charge is 0.338 e. The third-order valence-electron chi connectivity index (χ3n) is 3.56. The predicted molar refractivity (Wildman–Crippen MR) is 88.4 cm³/mol. The summed E-state index contributed by atoms with van der Waals surface area (Å²) >= 11 is 0. The zero-order valence-corrected chi connectivity index (χ0v) is 14.4. The smallest absolute Gasteiger partial charge is 0.294 e. The minimum Gasteiger partial charge on any atom is -0.338 e. The van der Waals surface area contributed by atoms with Crippen molar-refractivity contribution >= 4 is 21.5 Å². The molecule has 1 aromatic heterocycles. The number of aryl methyl sites for hydroxylation is 1. The number of ketones is 1. The topological polar surface area (TPSA) is 89.3 Å². The molecule has 7 nitrogen and oxygen atoms in total. The third kappa shape index (κ3) is 4.08. The fourth-order valence-electron chi connectivity index (χ4n) is 2.05. The second-order valence-electron chi connectivity index (χ2n) is 5.27. The van der Waals surface area contributed by atoms with Crippen LogP contribution in [0.1, 0.15) is 17.3 Å². The molecule has 2 aromatic rings. The van der Waals surface area contributed by atoms with Gasteiger partial charge in [0, 0.05) is 26.3 Å². The Kier molecular flexibility index (Phi) is 5.50. The van der Waals surface area contributed by atoms with E-state index in [0.29, 0.717) is 6.54 Å². The predicted octanol–water partition coefficient (Wildman–Crippen LogP) is 1.02. The summed E-state index contributed by atoms with van der Waals surface area (Å²) in [7, 11) is -2.09. The molecule has 0 N–H and O–H groups in total. The number of carbonyl (C=O) groups is 2. The molecule has 0 radical (unpaired) electrons. The Morgan fingerprint density at radius 1 is 1.21 bits per heavy atom. The first-order valence-electron chi connectivity index (χ1n) is 7.45. The molecular formula is C16H19N3O4S. The number of hydrogen-bond donors (Lipinski definition) is 0. The highest BCUT2D eigenvalue weighted by molar-refractivity contribution is 7.91. The summed E-state index contributed by atoms with van der Waals surface area (Å²) in [6, 6.07) is 8.00. The number of hydrogen-bond acceptors (Lipinski definition) is 5. The average molecular weight is 349 g/mol. The van der Waals surface area contributed by atoms with Crippen molar-refractivity contribution in [2.75, 3.05) is 19.3 Å². The van der Waals surface area contributed by atoms with Crippen molar-refractivity contribution in [1.82, 2.24) is 14.7 Å².